The summed E-state index contributed by atoms with van der Waals surface area (Å²) >= 11 is 0. The molecule has 1 heterocycles. The second-order valence-corrected chi connectivity index (χ2v) is 4.95. The van der Waals surface area contributed by atoms with Gasteiger partial charge in [-0.15, -0.1) is 0 Å². The zero-order valence-electron chi connectivity index (χ0n) is 12.8. The summed E-state index contributed by atoms with van der Waals surface area (Å²) in [6.07, 6.45) is 0. The minimum atomic E-state index is -0.670. The number of para-hydroxylation sites is 1. The van der Waals surface area contributed by atoms with Crippen LogP contribution < -0.4 is 4.74 Å². The van der Waals surface area contributed by atoms with Crippen molar-refractivity contribution in [2.24, 2.45) is 0 Å². The molecule has 0 bridgehead atoms. The molecule has 0 fully saturated rings. The first-order valence-electron chi connectivity index (χ1n) is 6.89. The van der Waals surface area contributed by atoms with Gasteiger partial charge in [-0.2, -0.15) is 0 Å². The smallest absolute Gasteiger partial charge is 0.290 e. The van der Waals surface area contributed by atoms with E-state index >= 15 is 0 Å². The van der Waals surface area contributed by atoms with E-state index in [2.05, 4.69) is 0 Å². The molecule has 6 nitrogen and oxygen atoms in total. The summed E-state index contributed by atoms with van der Waals surface area (Å²) in [6.45, 7) is 1.90. The first-order valence-corrected chi connectivity index (χ1v) is 6.89. The van der Waals surface area contributed by atoms with Gasteiger partial charge in [0.05, 0.1) is 25.3 Å². The number of rotatable bonds is 6. The van der Waals surface area contributed by atoms with E-state index in [9.17, 15) is 14.7 Å². The fourth-order valence-corrected chi connectivity index (χ4v) is 2.65. The molecule has 0 saturated heterocycles. The predicted octanol–water partition coefficient (Wildman–Crippen LogP) is 1.63. The van der Waals surface area contributed by atoms with Crippen LogP contribution in [0.25, 0.3) is 0 Å². The van der Waals surface area contributed by atoms with Crippen LogP contribution in [0.15, 0.2) is 35.6 Å². The molecule has 22 heavy (non-hydrogen) atoms. The van der Waals surface area contributed by atoms with Gasteiger partial charge in [-0.3, -0.25) is 9.59 Å². The van der Waals surface area contributed by atoms with Gasteiger partial charge in [0, 0.05) is 19.2 Å². The lowest BCUT2D eigenvalue weighted by Gasteiger charge is -2.27. The molecule has 1 N–H and O–H groups in total. The Morgan fingerprint density at radius 3 is 2.59 bits per heavy atom. The van der Waals surface area contributed by atoms with Crippen LogP contribution in [0.4, 0.5) is 0 Å². The van der Waals surface area contributed by atoms with Gasteiger partial charge in [-0.1, -0.05) is 18.2 Å². The first kappa shape index (κ1) is 16.0. The third kappa shape index (κ3) is 2.69. The fourth-order valence-electron chi connectivity index (χ4n) is 2.65. The van der Waals surface area contributed by atoms with E-state index < -0.39 is 17.7 Å². The topological polar surface area (TPSA) is 76.1 Å². The molecule has 1 aliphatic heterocycles. The summed E-state index contributed by atoms with van der Waals surface area (Å²) in [6, 6.07) is 6.45. The Morgan fingerprint density at radius 1 is 1.32 bits per heavy atom. The summed E-state index contributed by atoms with van der Waals surface area (Å²) in [7, 11) is 3.05. The molecular formula is C16H19NO5. The zero-order valence-corrected chi connectivity index (χ0v) is 12.8. The van der Waals surface area contributed by atoms with E-state index in [1.165, 1.54) is 26.0 Å². The number of ether oxygens (including phenoxy) is 2. The third-order valence-electron chi connectivity index (χ3n) is 3.65. The van der Waals surface area contributed by atoms with Crippen molar-refractivity contribution in [2.45, 2.75) is 13.0 Å². The van der Waals surface area contributed by atoms with Gasteiger partial charge in [0.1, 0.15) is 5.75 Å². The van der Waals surface area contributed by atoms with Crippen LogP contribution in [0.3, 0.4) is 0 Å². The van der Waals surface area contributed by atoms with Gasteiger partial charge in [-0.05, 0) is 13.0 Å². The average Bonchev–Trinajstić information content (AvgIpc) is 2.77. The highest BCUT2D eigenvalue weighted by atomic mass is 16.5. The fraction of sp³-hybridized carbons (Fsp3) is 0.375. The number of benzene rings is 1. The lowest BCUT2D eigenvalue weighted by molar-refractivity contribution is -0.130. The Morgan fingerprint density at radius 2 is 2.00 bits per heavy atom. The van der Waals surface area contributed by atoms with E-state index in [1.807, 2.05) is 0 Å². The standard InChI is InChI=1S/C16H19NO5/c1-10(18)13-14(11-6-4-5-7-12(11)22-3)17(8-9-21-2)16(20)15(13)19/h4-7,14,19H,8-9H2,1-3H3/t14-/m0/s1. The van der Waals surface area contributed by atoms with E-state index in [0.29, 0.717) is 17.9 Å². The quantitative estimate of drug-likeness (QED) is 0.864. The van der Waals surface area contributed by atoms with Crippen LogP contribution in [0, 0.1) is 0 Å². The van der Waals surface area contributed by atoms with Gasteiger partial charge in [0.2, 0.25) is 0 Å². The van der Waals surface area contributed by atoms with E-state index in [1.54, 1.807) is 24.3 Å². The van der Waals surface area contributed by atoms with Crippen molar-refractivity contribution in [2.75, 3.05) is 27.4 Å². The Bertz CT molecular complexity index is 623. The maximum absolute atomic E-state index is 12.3. The van der Waals surface area contributed by atoms with E-state index in [0.717, 1.165) is 0 Å². The summed E-state index contributed by atoms with van der Waals surface area (Å²) in [4.78, 5) is 25.6. The lowest BCUT2D eigenvalue weighted by atomic mass is 9.96. The molecule has 1 aliphatic rings. The second kappa shape index (κ2) is 6.62. The van der Waals surface area contributed by atoms with Crippen LogP contribution in [-0.2, 0) is 14.3 Å². The predicted molar refractivity (Wildman–Crippen MR) is 79.7 cm³/mol. The van der Waals surface area contributed by atoms with Crippen LogP contribution in [0.1, 0.15) is 18.5 Å². The van der Waals surface area contributed by atoms with Crippen LogP contribution in [-0.4, -0.2) is 49.1 Å². The van der Waals surface area contributed by atoms with Crippen molar-refractivity contribution >= 4 is 11.7 Å². The minimum absolute atomic E-state index is 0.0885. The molecule has 0 radical (unpaired) electrons. The number of aliphatic hydroxyl groups excluding tert-OH is 1. The summed E-state index contributed by atoms with van der Waals surface area (Å²) < 4.78 is 10.3. The number of carbonyl (C=O) groups is 2. The minimum Gasteiger partial charge on any atom is -0.503 e. The molecule has 1 atom stereocenters. The lowest BCUT2D eigenvalue weighted by Crippen LogP contribution is -2.34. The van der Waals surface area contributed by atoms with E-state index in [-0.39, 0.29) is 17.9 Å². The monoisotopic (exact) mass is 305 g/mol. The van der Waals surface area contributed by atoms with Gasteiger partial charge in [0.25, 0.3) is 5.91 Å². The average molecular weight is 305 g/mol. The molecule has 1 amide bonds. The summed E-state index contributed by atoms with van der Waals surface area (Å²) in [5.41, 5.74) is 0.745. The molecular weight excluding hydrogens is 286 g/mol. The Balaban J connectivity index is 2.54. The maximum Gasteiger partial charge on any atom is 0.290 e. The summed E-state index contributed by atoms with van der Waals surface area (Å²) in [5, 5.41) is 10.1. The molecule has 0 aromatic heterocycles. The Kier molecular flexibility index (Phi) is 4.82. The second-order valence-electron chi connectivity index (χ2n) is 4.95. The van der Waals surface area contributed by atoms with Crippen molar-refractivity contribution in [1.29, 1.82) is 0 Å². The van der Waals surface area contributed by atoms with Crippen molar-refractivity contribution in [3.8, 4) is 5.75 Å². The molecule has 6 heteroatoms. The summed E-state index contributed by atoms with van der Waals surface area (Å²) in [5.74, 6) is -0.865. The molecule has 0 spiro atoms. The van der Waals surface area contributed by atoms with Crippen LogP contribution in [0.5, 0.6) is 5.75 Å². The number of ketones is 1. The van der Waals surface area contributed by atoms with Crippen molar-refractivity contribution in [3.05, 3.63) is 41.2 Å². The number of Topliss-reactive ketones (excluding diaryl/α,β-unsaturated/α-hetero) is 1. The van der Waals surface area contributed by atoms with Crippen LogP contribution in [0.2, 0.25) is 0 Å². The van der Waals surface area contributed by atoms with Crippen molar-refractivity contribution < 1.29 is 24.2 Å². The third-order valence-corrected chi connectivity index (χ3v) is 3.65. The van der Waals surface area contributed by atoms with Crippen molar-refractivity contribution in [1.82, 2.24) is 4.90 Å². The van der Waals surface area contributed by atoms with Crippen molar-refractivity contribution in [3.63, 3.8) is 0 Å². The molecule has 118 valence electrons. The highest BCUT2D eigenvalue weighted by molar-refractivity contribution is 6.08. The van der Waals surface area contributed by atoms with Gasteiger partial charge >= 0.3 is 0 Å². The molecule has 0 unspecified atom stereocenters. The number of nitrogens with zero attached hydrogens (tertiary/aromatic N) is 1. The highest BCUT2D eigenvalue weighted by Crippen LogP contribution is 2.40. The first-order chi connectivity index (χ1) is 10.5. The van der Waals surface area contributed by atoms with Gasteiger partial charge < -0.3 is 19.5 Å². The number of hydrogen-bond acceptors (Lipinski definition) is 5. The maximum atomic E-state index is 12.3. The number of carbonyl (C=O) groups excluding carboxylic acids is 2. The largest absolute Gasteiger partial charge is 0.503 e. The van der Waals surface area contributed by atoms with Gasteiger partial charge in [-0.25, -0.2) is 0 Å². The highest BCUT2D eigenvalue weighted by Gasteiger charge is 2.43. The Hall–Kier alpha value is -2.34. The molecule has 1 aromatic carbocycles. The molecule has 0 aliphatic carbocycles. The number of amides is 1. The number of hydrogen-bond donors (Lipinski definition) is 1. The number of methoxy groups -OCH3 is 2. The Labute approximate surface area is 128 Å². The molecule has 2 rings (SSSR count). The number of aliphatic hydroxyl groups is 1. The van der Waals surface area contributed by atoms with E-state index in [4.69, 9.17) is 9.47 Å². The normalized spacial score (nSPS) is 18.0. The molecule has 1 aromatic rings. The van der Waals surface area contributed by atoms with Crippen LogP contribution >= 0.6 is 0 Å². The SMILES string of the molecule is COCCN1C(=O)C(O)=C(C(C)=O)[C@@H]1c1ccccc1OC. The zero-order chi connectivity index (χ0) is 16.3. The van der Waals surface area contributed by atoms with Gasteiger partial charge in [0.15, 0.2) is 11.5 Å². The molecule has 0 saturated carbocycles.